The Bertz CT molecular complexity index is 333. The number of benzene rings is 1. The van der Waals surface area contributed by atoms with E-state index in [-0.39, 0.29) is 5.97 Å². The second-order valence-electron chi connectivity index (χ2n) is 3.43. The summed E-state index contributed by atoms with van der Waals surface area (Å²) >= 11 is 0. The van der Waals surface area contributed by atoms with Crippen LogP contribution in [0.2, 0.25) is 0 Å². The van der Waals surface area contributed by atoms with Gasteiger partial charge in [-0.2, -0.15) is 0 Å². The van der Waals surface area contributed by atoms with Gasteiger partial charge in [-0.1, -0.05) is 51.9 Å². The fourth-order valence-electron chi connectivity index (χ4n) is 1.13. The number of ether oxygens (including phenoxy) is 1. The molecule has 0 atom stereocenters. The van der Waals surface area contributed by atoms with Crippen LogP contribution in [0, 0.1) is 0 Å². The van der Waals surface area contributed by atoms with Crippen molar-refractivity contribution < 1.29 is 9.53 Å². The highest BCUT2D eigenvalue weighted by Crippen LogP contribution is 1.98. The third-order valence-corrected chi connectivity index (χ3v) is 2.98. The fraction of sp³-hybridized carbons (Fsp3) is 0.385. The standard InChI is InChI=1S/C13H17O2P/c1-2-3-10-15-13(14)9-11-16-12-7-5-4-6-8-12/h4-8,11H,2-3,9-10H2,1H3. The maximum Gasteiger partial charge on any atom is 0.309 e. The van der Waals surface area contributed by atoms with Crippen molar-refractivity contribution in [3.8, 4) is 0 Å². The lowest BCUT2D eigenvalue weighted by Crippen LogP contribution is -2.05. The summed E-state index contributed by atoms with van der Waals surface area (Å²) in [5.74, 6) is 1.81. The van der Waals surface area contributed by atoms with Crippen LogP contribution >= 0.6 is 8.20 Å². The molecule has 3 heteroatoms. The number of hydrogen-bond donors (Lipinski definition) is 0. The molecule has 86 valence electrons. The van der Waals surface area contributed by atoms with Crippen LogP contribution in [-0.2, 0) is 9.53 Å². The van der Waals surface area contributed by atoms with Gasteiger partial charge in [0.15, 0.2) is 0 Å². The van der Waals surface area contributed by atoms with Gasteiger partial charge in [-0.05, 0) is 12.2 Å². The average Bonchev–Trinajstić information content (AvgIpc) is 2.31. The van der Waals surface area contributed by atoms with E-state index in [1.165, 1.54) is 5.30 Å². The van der Waals surface area contributed by atoms with Crippen molar-refractivity contribution in [2.24, 2.45) is 0 Å². The summed E-state index contributed by atoms with van der Waals surface area (Å²) in [6, 6.07) is 10.1. The minimum Gasteiger partial charge on any atom is -0.465 e. The summed E-state index contributed by atoms with van der Waals surface area (Å²) in [7, 11) is 1.07. The molecule has 0 aliphatic carbocycles. The van der Waals surface area contributed by atoms with Crippen LogP contribution in [0.25, 0.3) is 0 Å². The topological polar surface area (TPSA) is 26.3 Å². The van der Waals surface area contributed by atoms with E-state index in [9.17, 15) is 4.79 Å². The Kier molecular flexibility index (Phi) is 6.52. The van der Waals surface area contributed by atoms with Crippen molar-refractivity contribution in [2.75, 3.05) is 6.61 Å². The lowest BCUT2D eigenvalue weighted by atomic mass is 10.4. The minimum atomic E-state index is -0.128. The molecule has 0 saturated carbocycles. The maximum atomic E-state index is 11.3. The summed E-state index contributed by atoms with van der Waals surface area (Å²) in [5, 5.41) is 1.20. The van der Waals surface area contributed by atoms with E-state index in [1.54, 1.807) is 0 Å². The van der Waals surface area contributed by atoms with Gasteiger partial charge in [-0.3, -0.25) is 4.79 Å². The Morgan fingerprint density at radius 1 is 1.38 bits per heavy atom. The van der Waals surface area contributed by atoms with E-state index in [0.717, 1.165) is 21.0 Å². The predicted octanol–water partition coefficient (Wildman–Crippen LogP) is 2.79. The van der Waals surface area contributed by atoms with Crippen LogP contribution in [0.5, 0.6) is 0 Å². The zero-order valence-corrected chi connectivity index (χ0v) is 10.5. The molecule has 16 heavy (non-hydrogen) atoms. The highest BCUT2D eigenvalue weighted by molar-refractivity contribution is 7.47. The molecule has 1 aromatic rings. The van der Waals surface area contributed by atoms with Crippen molar-refractivity contribution in [1.29, 1.82) is 0 Å². The first-order chi connectivity index (χ1) is 7.83. The first-order valence-electron chi connectivity index (χ1n) is 5.56. The minimum absolute atomic E-state index is 0.128. The first kappa shape index (κ1) is 12.9. The Morgan fingerprint density at radius 2 is 2.12 bits per heavy atom. The third kappa shape index (κ3) is 5.67. The molecule has 0 spiro atoms. The molecule has 0 heterocycles. The van der Waals surface area contributed by atoms with Crippen molar-refractivity contribution in [3.63, 3.8) is 0 Å². The fourth-order valence-corrected chi connectivity index (χ4v) is 1.92. The SMILES string of the molecule is CCCCOC(=O)CC=Pc1ccccc1. The van der Waals surface area contributed by atoms with Crippen LogP contribution < -0.4 is 5.30 Å². The molecule has 1 aromatic carbocycles. The van der Waals surface area contributed by atoms with Gasteiger partial charge in [0.2, 0.25) is 0 Å². The Balaban J connectivity index is 2.24. The molecule has 0 aliphatic rings. The normalized spacial score (nSPS) is 10.6. The van der Waals surface area contributed by atoms with Crippen molar-refractivity contribution in [2.45, 2.75) is 26.2 Å². The number of carbonyl (C=O) groups is 1. The number of rotatable bonds is 6. The number of carbonyl (C=O) groups excluding carboxylic acids is 1. The van der Waals surface area contributed by atoms with E-state index in [1.807, 2.05) is 36.1 Å². The zero-order valence-electron chi connectivity index (χ0n) is 9.56. The third-order valence-electron chi connectivity index (χ3n) is 2.02. The molecule has 0 bridgehead atoms. The van der Waals surface area contributed by atoms with Gasteiger partial charge >= 0.3 is 5.97 Å². The van der Waals surface area contributed by atoms with Gasteiger partial charge in [0, 0.05) is 5.30 Å². The molecule has 0 aromatic heterocycles. The second-order valence-corrected chi connectivity index (χ2v) is 4.57. The second kappa shape index (κ2) is 8.06. The monoisotopic (exact) mass is 236 g/mol. The quantitative estimate of drug-likeness (QED) is 0.431. The zero-order chi connectivity index (χ0) is 11.6. The van der Waals surface area contributed by atoms with Crippen molar-refractivity contribution in [3.05, 3.63) is 30.3 Å². The molecule has 1 rings (SSSR count). The molecule has 0 unspecified atom stereocenters. The van der Waals surface area contributed by atoms with E-state index in [4.69, 9.17) is 4.74 Å². The van der Waals surface area contributed by atoms with Gasteiger partial charge < -0.3 is 4.74 Å². The Labute approximate surface area is 98.4 Å². The molecule has 0 radical (unpaired) electrons. The van der Waals surface area contributed by atoms with Crippen molar-refractivity contribution in [1.82, 2.24) is 0 Å². The van der Waals surface area contributed by atoms with Gasteiger partial charge in [0.1, 0.15) is 0 Å². The molecule has 2 nitrogen and oxygen atoms in total. The first-order valence-corrected chi connectivity index (χ1v) is 6.52. The van der Waals surface area contributed by atoms with Gasteiger partial charge in [-0.15, -0.1) is 0 Å². The summed E-state index contributed by atoms with van der Waals surface area (Å²) in [6.45, 7) is 2.62. The predicted molar refractivity (Wildman–Crippen MR) is 69.5 cm³/mol. The molecule has 0 amide bonds. The van der Waals surface area contributed by atoms with Crippen molar-refractivity contribution >= 4 is 25.3 Å². The average molecular weight is 236 g/mol. The molecule has 0 saturated heterocycles. The van der Waals surface area contributed by atoms with E-state index in [0.29, 0.717) is 13.0 Å². The summed E-state index contributed by atoms with van der Waals surface area (Å²) in [5.41, 5.74) is 0. The molecular formula is C13H17O2P. The number of unbranched alkanes of at least 4 members (excludes halogenated alkanes) is 1. The number of esters is 1. The van der Waals surface area contributed by atoms with E-state index < -0.39 is 0 Å². The maximum absolute atomic E-state index is 11.3. The Morgan fingerprint density at radius 3 is 2.81 bits per heavy atom. The smallest absolute Gasteiger partial charge is 0.309 e. The Hall–Kier alpha value is -1.14. The molecule has 0 N–H and O–H groups in total. The van der Waals surface area contributed by atoms with Crippen LogP contribution in [0.15, 0.2) is 30.3 Å². The molecule has 0 fully saturated rings. The lowest BCUT2D eigenvalue weighted by molar-refractivity contribution is -0.142. The van der Waals surface area contributed by atoms with Crippen LogP contribution in [0.4, 0.5) is 0 Å². The summed E-state index contributed by atoms with van der Waals surface area (Å²) in [6.07, 6.45) is 2.39. The lowest BCUT2D eigenvalue weighted by Gasteiger charge is -2.00. The highest BCUT2D eigenvalue weighted by Gasteiger charge is 1.98. The van der Waals surface area contributed by atoms with E-state index in [2.05, 4.69) is 6.92 Å². The van der Waals surface area contributed by atoms with Gasteiger partial charge in [-0.25, -0.2) is 0 Å². The van der Waals surface area contributed by atoms with Crippen LogP contribution in [-0.4, -0.2) is 18.4 Å². The highest BCUT2D eigenvalue weighted by atomic mass is 31.1. The summed E-state index contributed by atoms with van der Waals surface area (Å²) in [4.78, 5) is 11.3. The van der Waals surface area contributed by atoms with E-state index >= 15 is 0 Å². The number of hydrogen-bond acceptors (Lipinski definition) is 2. The largest absolute Gasteiger partial charge is 0.465 e. The van der Waals surface area contributed by atoms with Crippen LogP contribution in [0.1, 0.15) is 26.2 Å². The van der Waals surface area contributed by atoms with Gasteiger partial charge in [0.05, 0.1) is 13.0 Å². The molecule has 0 aliphatic heterocycles. The van der Waals surface area contributed by atoms with Gasteiger partial charge in [0.25, 0.3) is 0 Å². The molecular weight excluding hydrogens is 219 g/mol. The van der Waals surface area contributed by atoms with Crippen LogP contribution in [0.3, 0.4) is 0 Å². The summed E-state index contributed by atoms with van der Waals surface area (Å²) < 4.78 is 5.05.